The SMILES string of the molecule is CCOC(=O)c1cc(Cc2ccccc2)sc1NC(=S)Nc1ccc(C(F)(F)F)cc1. The minimum Gasteiger partial charge on any atom is -0.462 e. The number of benzene rings is 2. The number of thiophene rings is 1. The lowest BCUT2D eigenvalue weighted by molar-refractivity contribution is -0.137. The van der Waals surface area contributed by atoms with Crippen molar-refractivity contribution in [2.45, 2.75) is 19.5 Å². The Hall–Kier alpha value is -2.91. The van der Waals surface area contributed by atoms with Crippen molar-refractivity contribution in [1.29, 1.82) is 0 Å². The zero-order valence-corrected chi connectivity index (χ0v) is 18.1. The van der Waals surface area contributed by atoms with Crippen LogP contribution in [0.25, 0.3) is 0 Å². The maximum Gasteiger partial charge on any atom is 0.416 e. The van der Waals surface area contributed by atoms with Crippen LogP contribution in [-0.4, -0.2) is 17.7 Å². The lowest BCUT2D eigenvalue weighted by atomic mass is 10.1. The summed E-state index contributed by atoms with van der Waals surface area (Å²) < 4.78 is 43.3. The monoisotopic (exact) mass is 464 g/mol. The second-order valence-electron chi connectivity index (χ2n) is 6.49. The molecule has 0 bridgehead atoms. The summed E-state index contributed by atoms with van der Waals surface area (Å²) in [6.07, 6.45) is -3.77. The third-order valence-electron chi connectivity index (χ3n) is 4.20. The van der Waals surface area contributed by atoms with E-state index in [-0.39, 0.29) is 11.7 Å². The predicted octanol–water partition coefficient (Wildman–Crippen LogP) is 6.34. The molecule has 0 atom stereocenters. The number of hydrogen-bond acceptors (Lipinski definition) is 4. The number of carbonyl (C=O) groups is 1. The van der Waals surface area contributed by atoms with Gasteiger partial charge in [-0.2, -0.15) is 13.2 Å². The van der Waals surface area contributed by atoms with E-state index in [9.17, 15) is 18.0 Å². The van der Waals surface area contributed by atoms with E-state index in [1.54, 1.807) is 13.0 Å². The maximum atomic E-state index is 12.7. The lowest BCUT2D eigenvalue weighted by Gasteiger charge is -2.12. The number of esters is 1. The Morgan fingerprint density at radius 2 is 1.74 bits per heavy atom. The summed E-state index contributed by atoms with van der Waals surface area (Å²) in [6, 6.07) is 16.1. The Labute approximate surface area is 187 Å². The van der Waals surface area contributed by atoms with E-state index in [1.165, 1.54) is 23.5 Å². The Kier molecular flexibility index (Phi) is 7.29. The zero-order chi connectivity index (χ0) is 22.4. The summed E-state index contributed by atoms with van der Waals surface area (Å²) in [7, 11) is 0. The molecule has 0 radical (unpaired) electrons. The van der Waals surface area contributed by atoms with Gasteiger partial charge in [-0.3, -0.25) is 0 Å². The largest absolute Gasteiger partial charge is 0.462 e. The van der Waals surface area contributed by atoms with Crippen molar-refractivity contribution >= 4 is 45.3 Å². The molecular weight excluding hydrogens is 445 g/mol. The second kappa shape index (κ2) is 9.93. The normalized spacial score (nSPS) is 11.1. The third-order valence-corrected chi connectivity index (χ3v) is 5.45. The Balaban J connectivity index is 1.75. The molecule has 9 heteroatoms. The quantitative estimate of drug-likeness (QED) is 0.329. The fourth-order valence-electron chi connectivity index (χ4n) is 2.79. The molecule has 162 valence electrons. The van der Waals surface area contributed by atoms with Crippen molar-refractivity contribution in [3.05, 3.63) is 82.2 Å². The van der Waals surface area contributed by atoms with Gasteiger partial charge in [0.2, 0.25) is 0 Å². The number of alkyl halides is 3. The standard InChI is InChI=1S/C22H19F3N2O2S2/c1-2-29-20(28)18-13-17(12-14-6-4-3-5-7-14)31-19(18)27-21(30)26-16-10-8-15(9-11-16)22(23,24)25/h3-11,13H,2,12H2,1H3,(H2,26,27,30). The number of ether oxygens (including phenoxy) is 1. The van der Waals surface area contributed by atoms with E-state index < -0.39 is 17.7 Å². The van der Waals surface area contributed by atoms with Crippen LogP contribution in [0, 0.1) is 0 Å². The van der Waals surface area contributed by atoms with E-state index in [1.807, 2.05) is 30.3 Å². The number of anilines is 2. The smallest absolute Gasteiger partial charge is 0.416 e. The number of nitrogens with one attached hydrogen (secondary N) is 2. The summed E-state index contributed by atoms with van der Waals surface area (Å²) in [4.78, 5) is 13.3. The molecule has 31 heavy (non-hydrogen) atoms. The molecule has 3 aromatic rings. The van der Waals surface area contributed by atoms with Gasteiger partial charge in [-0.1, -0.05) is 30.3 Å². The lowest BCUT2D eigenvalue weighted by Crippen LogP contribution is -2.20. The van der Waals surface area contributed by atoms with Crippen LogP contribution in [0.1, 0.15) is 33.3 Å². The molecule has 1 heterocycles. The molecule has 1 aromatic heterocycles. The van der Waals surface area contributed by atoms with Crippen LogP contribution in [0.15, 0.2) is 60.7 Å². The number of thiocarbonyl (C=S) groups is 1. The molecule has 0 unspecified atom stereocenters. The minimum atomic E-state index is -4.40. The summed E-state index contributed by atoms with van der Waals surface area (Å²) in [6.45, 7) is 1.95. The van der Waals surface area contributed by atoms with Gasteiger partial charge in [0.25, 0.3) is 0 Å². The van der Waals surface area contributed by atoms with Crippen LogP contribution in [0.5, 0.6) is 0 Å². The van der Waals surface area contributed by atoms with Crippen molar-refractivity contribution in [2.75, 3.05) is 17.2 Å². The second-order valence-corrected chi connectivity index (χ2v) is 8.04. The average Bonchev–Trinajstić information content (AvgIpc) is 3.10. The number of halogens is 3. The van der Waals surface area contributed by atoms with E-state index in [4.69, 9.17) is 17.0 Å². The van der Waals surface area contributed by atoms with Crippen LogP contribution in [-0.2, 0) is 17.3 Å². The fraction of sp³-hybridized carbons (Fsp3) is 0.182. The summed E-state index contributed by atoms with van der Waals surface area (Å²) >= 11 is 6.65. The highest BCUT2D eigenvalue weighted by atomic mass is 32.1. The molecule has 0 aliphatic rings. The molecule has 2 aromatic carbocycles. The fourth-order valence-corrected chi connectivity index (χ4v) is 4.16. The number of hydrogen-bond donors (Lipinski definition) is 2. The number of rotatable bonds is 6. The topological polar surface area (TPSA) is 50.4 Å². The van der Waals surface area contributed by atoms with Crippen LogP contribution in [0.2, 0.25) is 0 Å². The first kappa shape index (κ1) is 22.8. The van der Waals surface area contributed by atoms with Gasteiger partial charge in [0.1, 0.15) is 5.00 Å². The highest BCUT2D eigenvalue weighted by Gasteiger charge is 2.30. The van der Waals surface area contributed by atoms with E-state index in [0.717, 1.165) is 22.6 Å². The molecule has 2 N–H and O–H groups in total. The Bertz CT molecular complexity index is 1050. The maximum absolute atomic E-state index is 12.7. The Morgan fingerprint density at radius 3 is 2.35 bits per heavy atom. The van der Waals surface area contributed by atoms with Gasteiger partial charge in [-0.15, -0.1) is 11.3 Å². The molecule has 3 rings (SSSR count). The molecule has 0 aliphatic heterocycles. The first-order valence-corrected chi connectivity index (χ1v) is 10.6. The van der Waals surface area contributed by atoms with Crippen molar-refractivity contribution in [1.82, 2.24) is 0 Å². The predicted molar refractivity (Wildman–Crippen MR) is 121 cm³/mol. The van der Waals surface area contributed by atoms with Gasteiger partial charge in [-0.25, -0.2) is 4.79 Å². The van der Waals surface area contributed by atoms with Crippen molar-refractivity contribution in [3.63, 3.8) is 0 Å². The van der Waals surface area contributed by atoms with Crippen molar-refractivity contribution in [3.8, 4) is 0 Å². The molecule has 0 spiro atoms. The van der Waals surface area contributed by atoms with Crippen molar-refractivity contribution in [2.24, 2.45) is 0 Å². The number of carbonyl (C=O) groups excluding carboxylic acids is 1. The van der Waals surface area contributed by atoms with Gasteiger partial charge in [-0.05, 0) is 55.0 Å². The Morgan fingerprint density at radius 1 is 1.06 bits per heavy atom. The van der Waals surface area contributed by atoms with E-state index >= 15 is 0 Å². The van der Waals surface area contributed by atoms with Gasteiger partial charge < -0.3 is 15.4 Å². The molecule has 4 nitrogen and oxygen atoms in total. The molecule has 0 fully saturated rings. The van der Waals surface area contributed by atoms with Crippen LogP contribution >= 0.6 is 23.6 Å². The average molecular weight is 465 g/mol. The van der Waals surface area contributed by atoms with Crippen LogP contribution < -0.4 is 10.6 Å². The van der Waals surface area contributed by atoms with Crippen LogP contribution in [0.3, 0.4) is 0 Å². The van der Waals surface area contributed by atoms with Crippen LogP contribution in [0.4, 0.5) is 23.9 Å². The van der Waals surface area contributed by atoms with Gasteiger partial charge in [0, 0.05) is 17.0 Å². The van der Waals surface area contributed by atoms with Gasteiger partial charge in [0.05, 0.1) is 17.7 Å². The third kappa shape index (κ3) is 6.28. The van der Waals surface area contributed by atoms with E-state index in [0.29, 0.717) is 22.7 Å². The molecule has 0 saturated heterocycles. The molecule has 0 aliphatic carbocycles. The zero-order valence-electron chi connectivity index (χ0n) is 16.5. The van der Waals surface area contributed by atoms with Gasteiger partial charge >= 0.3 is 12.1 Å². The highest BCUT2D eigenvalue weighted by Crippen LogP contribution is 2.32. The van der Waals surface area contributed by atoms with Crippen molar-refractivity contribution < 1.29 is 22.7 Å². The minimum absolute atomic E-state index is 0.151. The highest BCUT2D eigenvalue weighted by molar-refractivity contribution is 7.80. The first-order chi connectivity index (χ1) is 14.8. The molecule has 0 amide bonds. The molecule has 0 saturated carbocycles. The summed E-state index contributed by atoms with van der Waals surface area (Å²) in [5.74, 6) is -0.474. The van der Waals surface area contributed by atoms with Gasteiger partial charge in [0.15, 0.2) is 5.11 Å². The summed E-state index contributed by atoms with van der Waals surface area (Å²) in [5, 5.41) is 6.46. The first-order valence-electron chi connectivity index (χ1n) is 9.35. The van der Waals surface area contributed by atoms with E-state index in [2.05, 4.69) is 10.6 Å². The summed E-state index contributed by atoms with van der Waals surface area (Å²) in [5.41, 5.74) is 1.10. The molecular formula is C22H19F3N2O2S2.